The molecule has 3 rings (SSSR count). The lowest BCUT2D eigenvalue weighted by molar-refractivity contribution is 0.367. The molecule has 1 N–H and O–H groups in total. The highest BCUT2D eigenvalue weighted by Gasteiger charge is 2.20. The Labute approximate surface area is 119 Å². The molecule has 4 nitrogen and oxygen atoms in total. The SMILES string of the molecule is CC(C)c1ccc(-c2noc(CNCC3CC3)n2)cc1. The molecule has 1 aromatic carbocycles. The molecular weight excluding hydrogens is 250 g/mol. The summed E-state index contributed by atoms with van der Waals surface area (Å²) in [4.78, 5) is 4.43. The van der Waals surface area contributed by atoms with Gasteiger partial charge in [-0.05, 0) is 36.8 Å². The molecule has 0 amide bonds. The van der Waals surface area contributed by atoms with Crippen LogP contribution in [0.15, 0.2) is 28.8 Å². The van der Waals surface area contributed by atoms with Crippen molar-refractivity contribution in [2.45, 2.75) is 39.2 Å². The van der Waals surface area contributed by atoms with Crippen LogP contribution in [0.5, 0.6) is 0 Å². The fraction of sp³-hybridized carbons (Fsp3) is 0.500. The van der Waals surface area contributed by atoms with Crippen molar-refractivity contribution >= 4 is 0 Å². The summed E-state index contributed by atoms with van der Waals surface area (Å²) in [6.45, 7) is 6.09. The van der Waals surface area contributed by atoms with Crippen molar-refractivity contribution in [3.63, 3.8) is 0 Å². The Morgan fingerprint density at radius 2 is 2.00 bits per heavy atom. The van der Waals surface area contributed by atoms with Crippen LogP contribution < -0.4 is 5.32 Å². The summed E-state index contributed by atoms with van der Waals surface area (Å²) in [6, 6.07) is 8.37. The summed E-state index contributed by atoms with van der Waals surface area (Å²) < 4.78 is 5.28. The van der Waals surface area contributed by atoms with Crippen LogP contribution >= 0.6 is 0 Å². The minimum Gasteiger partial charge on any atom is -0.338 e. The third-order valence-corrected chi connectivity index (χ3v) is 3.71. The molecule has 0 saturated heterocycles. The van der Waals surface area contributed by atoms with E-state index in [-0.39, 0.29) is 0 Å². The van der Waals surface area contributed by atoms with Gasteiger partial charge in [0, 0.05) is 5.56 Å². The third-order valence-electron chi connectivity index (χ3n) is 3.71. The van der Waals surface area contributed by atoms with Crippen molar-refractivity contribution in [2.75, 3.05) is 6.54 Å². The maximum absolute atomic E-state index is 5.28. The summed E-state index contributed by atoms with van der Waals surface area (Å²) in [5.74, 6) is 2.73. The number of hydrogen-bond acceptors (Lipinski definition) is 4. The summed E-state index contributed by atoms with van der Waals surface area (Å²) >= 11 is 0. The molecule has 20 heavy (non-hydrogen) atoms. The molecule has 2 aromatic rings. The van der Waals surface area contributed by atoms with Crippen LogP contribution in [0.2, 0.25) is 0 Å². The number of aromatic nitrogens is 2. The van der Waals surface area contributed by atoms with Gasteiger partial charge in [0.05, 0.1) is 6.54 Å². The lowest BCUT2D eigenvalue weighted by atomic mass is 10.0. The average Bonchev–Trinajstić information content (AvgIpc) is 3.15. The Kier molecular flexibility index (Phi) is 3.83. The molecule has 106 valence electrons. The van der Waals surface area contributed by atoms with Crippen LogP contribution in [0.3, 0.4) is 0 Å². The molecule has 1 saturated carbocycles. The zero-order valence-electron chi connectivity index (χ0n) is 12.1. The van der Waals surface area contributed by atoms with Gasteiger partial charge in [-0.2, -0.15) is 4.98 Å². The molecule has 0 atom stereocenters. The van der Waals surface area contributed by atoms with Crippen molar-refractivity contribution < 1.29 is 4.52 Å². The lowest BCUT2D eigenvalue weighted by Crippen LogP contribution is -2.16. The topological polar surface area (TPSA) is 51.0 Å². The van der Waals surface area contributed by atoms with Gasteiger partial charge in [0.1, 0.15) is 0 Å². The molecule has 0 aliphatic heterocycles. The summed E-state index contributed by atoms with van der Waals surface area (Å²) in [6.07, 6.45) is 2.70. The maximum atomic E-state index is 5.28. The van der Waals surface area contributed by atoms with Gasteiger partial charge < -0.3 is 9.84 Å². The number of rotatable bonds is 6. The highest BCUT2D eigenvalue weighted by molar-refractivity contribution is 5.54. The lowest BCUT2D eigenvalue weighted by Gasteiger charge is -2.04. The van der Waals surface area contributed by atoms with E-state index >= 15 is 0 Å². The van der Waals surface area contributed by atoms with Gasteiger partial charge in [-0.15, -0.1) is 0 Å². The molecule has 1 heterocycles. The van der Waals surface area contributed by atoms with Gasteiger partial charge in [-0.1, -0.05) is 43.3 Å². The van der Waals surface area contributed by atoms with Crippen LogP contribution in [0.25, 0.3) is 11.4 Å². The average molecular weight is 271 g/mol. The Bertz CT molecular complexity index is 555. The second-order valence-corrected chi connectivity index (χ2v) is 5.86. The molecule has 0 bridgehead atoms. The minimum atomic E-state index is 0.538. The van der Waals surface area contributed by atoms with Gasteiger partial charge in [-0.3, -0.25) is 0 Å². The number of benzene rings is 1. The minimum absolute atomic E-state index is 0.538. The van der Waals surface area contributed by atoms with E-state index in [1.54, 1.807) is 0 Å². The van der Waals surface area contributed by atoms with E-state index < -0.39 is 0 Å². The monoisotopic (exact) mass is 271 g/mol. The summed E-state index contributed by atoms with van der Waals surface area (Å²) in [5, 5.41) is 7.40. The first-order valence-electron chi connectivity index (χ1n) is 7.36. The fourth-order valence-corrected chi connectivity index (χ4v) is 2.17. The molecule has 1 aromatic heterocycles. The van der Waals surface area contributed by atoms with Crippen LogP contribution in [-0.2, 0) is 6.54 Å². The number of nitrogens with one attached hydrogen (secondary N) is 1. The Hall–Kier alpha value is -1.68. The number of nitrogens with zero attached hydrogens (tertiary/aromatic N) is 2. The van der Waals surface area contributed by atoms with Crippen LogP contribution in [0, 0.1) is 5.92 Å². The van der Waals surface area contributed by atoms with Gasteiger partial charge >= 0.3 is 0 Å². The van der Waals surface area contributed by atoms with Crippen molar-refractivity contribution in [1.29, 1.82) is 0 Å². The van der Waals surface area contributed by atoms with E-state index in [2.05, 4.69) is 53.6 Å². The van der Waals surface area contributed by atoms with Crippen molar-refractivity contribution in [1.82, 2.24) is 15.5 Å². The molecule has 1 aliphatic carbocycles. The highest BCUT2D eigenvalue weighted by atomic mass is 16.5. The first-order chi connectivity index (χ1) is 9.72. The first-order valence-corrected chi connectivity index (χ1v) is 7.36. The predicted molar refractivity (Wildman–Crippen MR) is 78.3 cm³/mol. The van der Waals surface area contributed by atoms with Crippen LogP contribution in [0.4, 0.5) is 0 Å². The van der Waals surface area contributed by atoms with E-state index in [0.29, 0.717) is 24.2 Å². The third kappa shape index (κ3) is 3.25. The zero-order valence-corrected chi connectivity index (χ0v) is 12.1. The quantitative estimate of drug-likeness (QED) is 0.875. The summed E-state index contributed by atoms with van der Waals surface area (Å²) in [5.41, 5.74) is 2.33. The molecule has 0 spiro atoms. The first kappa shape index (κ1) is 13.3. The molecule has 1 fully saturated rings. The van der Waals surface area contributed by atoms with Crippen molar-refractivity contribution in [3.8, 4) is 11.4 Å². The van der Waals surface area contributed by atoms with Gasteiger partial charge in [0.25, 0.3) is 0 Å². The second-order valence-electron chi connectivity index (χ2n) is 5.86. The normalized spacial score (nSPS) is 14.9. The fourth-order valence-electron chi connectivity index (χ4n) is 2.17. The smallest absolute Gasteiger partial charge is 0.240 e. The predicted octanol–water partition coefficient (Wildman–Crippen LogP) is 3.36. The summed E-state index contributed by atoms with van der Waals surface area (Å²) in [7, 11) is 0. The van der Waals surface area contributed by atoms with E-state index in [1.165, 1.54) is 18.4 Å². The molecule has 1 aliphatic rings. The molecule has 4 heteroatoms. The Morgan fingerprint density at radius 1 is 1.25 bits per heavy atom. The molecule has 0 unspecified atom stereocenters. The van der Waals surface area contributed by atoms with E-state index in [1.807, 2.05) is 0 Å². The van der Waals surface area contributed by atoms with E-state index in [9.17, 15) is 0 Å². The Morgan fingerprint density at radius 3 is 2.65 bits per heavy atom. The van der Waals surface area contributed by atoms with Crippen molar-refractivity contribution in [2.24, 2.45) is 5.92 Å². The van der Waals surface area contributed by atoms with Gasteiger partial charge in [-0.25, -0.2) is 0 Å². The van der Waals surface area contributed by atoms with Gasteiger partial charge in [0.15, 0.2) is 0 Å². The van der Waals surface area contributed by atoms with Gasteiger partial charge in [0.2, 0.25) is 11.7 Å². The largest absolute Gasteiger partial charge is 0.338 e. The van der Waals surface area contributed by atoms with Crippen LogP contribution in [0.1, 0.15) is 44.1 Å². The maximum Gasteiger partial charge on any atom is 0.240 e. The van der Waals surface area contributed by atoms with E-state index in [4.69, 9.17) is 4.52 Å². The highest BCUT2D eigenvalue weighted by Crippen LogP contribution is 2.27. The number of hydrogen-bond donors (Lipinski definition) is 1. The van der Waals surface area contributed by atoms with E-state index in [0.717, 1.165) is 18.0 Å². The van der Waals surface area contributed by atoms with Crippen LogP contribution in [-0.4, -0.2) is 16.7 Å². The second kappa shape index (κ2) is 5.75. The molecular formula is C16H21N3O. The zero-order chi connectivity index (χ0) is 13.9. The molecule has 0 radical (unpaired) electrons. The van der Waals surface area contributed by atoms with Crippen molar-refractivity contribution in [3.05, 3.63) is 35.7 Å². The standard InChI is InChI=1S/C16H21N3O/c1-11(2)13-5-7-14(8-6-13)16-18-15(20-19-16)10-17-9-12-3-4-12/h5-8,11-12,17H,3-4,9-10H2,1-2H3. The Balaban J connectivity index is 1.62.